The van der Waals surface area contributed by atoms with Crippen LogP contribution in [0.4, 0.5) is 4.79 Å². The molecular weight excluding hydrogens is 494 g/mol. The number of nitrogens with zero attached hydrogens (tertiary/aromatic N) is 2. The second kappa shape index (κ2) is 9.79. The van der Waals surface area contributed by atoms with Gasteiger partial charge in [0.1, 0.15) is 12.4 Å². The van der Waals surface area contributed by atoms with E-state index < -0.39 is 17.5 Å². The van der Waals surface area contributed by atoms with Gasteiger partial charge in [-0.3, -0.25) is 14.9 Å². The van der Waals surface area contributed by atoms with Crippen LogP contribution in [0, 0.1) is 11.8 Å². The molecule has 1 aliphatic carbocycles. The van der Waals surface area contributed by atoms with E-state index in [1.807, 2.05) is 36.3 Å². The van der Waals surface area contributed by atoms with Gasteiger partial charge in [-0.2, -0.15) is 0 Å². The third-order valence-electron chi connectivity index (χ3n) is 8.14. The third-order valence-corrected chi connectivity index (χ3v) is 8.14. The molecule has 9 heteroatoms. The lowest BCUT2D eigenvalue weighted by molar-refractivity contribution is -0.124. The summed E-state index contributed by atoms with van der Waals surface area (Å²) in [6.45, 7) is 2.34. The van der Waals surface area contributed by atoms with Gasteiger partial charge in [-0.1, -0.05) is 36.3 Å². The molecule has 4 amide bonds. The number of hydrazine groups is 1. The fourth-order valence-corrected chi connectivity index (χ4v) is 6.16. The Bertz CT molecular complexity index is 1440. The Labute approximate surface area is 227 Å². The summed E-state index contributed by atoms with van der Waals surface area (Å²) in [4.78, 5) is 40.6. The van der Waals surface area contributed by atoms with Crippen molar-refractivity contribution in [2.45, 2.75) is 50.2 Å². The second-order valence-corrected chi connectivity index (χ2v) is 10.6. The van der Waals surface area contributed by atoms with Gasteiger partial charge in [-0.25, -0.2) is 10.2 Å². The highest BCUT2D eigenvalue weighted by Crippen LogP contribution is 2.39. The van der Waals surface area contributed by atoms with Crippen molar-refractivity contribution in [2.24, 2.45) is 0 Å². The molecular formula is C30H31N5O4. The Balaban J connectivity index is 1.23. The van der Waals surface area contributed by atoms with Crippen LogP contribution in [-0.2, 0) is 16.9 Å². The monoisotopic (exact) mass is 525 g/mol. The third kappa shape index (κ3) is 4.51. The van der Waals surface area contributed by atoms with Gasteiger partial charge in [0.05, 0.1) is 6.54 Å². The molecule has 2 fully saturated rings. The van der Waals surface area contributed by atoms with E-state index >= 15 is 0 Å². The highest BCUT2D eigenvalue weighted by Gasteiger charge is 2.50. The van der Waals surface area contributed by atoms with Gasteiger partial charge in [-0.05, 0) is 66.5 Å². The number of ether oxygens (including phenoxy) is 1. The molecule has 0 spiro atoms. The molecule has 3 atom stereocenters. The van der Waals surface area contributed by atoms with E-state index in [0.29, 0.717) is 35.4 Å². The lowest BCUT2D eigenvalue weighted by Gasteiger charge is -2.32. The quantitative estimate of drug-likeness (QED) is 0.396. The summed E-state index contributed by atoms with van der Waals surface area (Å²) in [7, 11) is 2.02. The number of hydrogen-bond donors (Lipinski definition) is 3. The minimum absolute atomic E-state index is 0.0188. The average molecular weight is 526 g/mol. The Morgan fingerprint density at radius 1 is 1.10 bits per heavy atom. The van der Waals surface area contributed by atoms with Crippen LogP contribution in [0.1, 0.15) is 59.2 Å². The van der Waals surface area contributed by atoms with Crippen molar-refractivity contribution in [1.82, 2.24) is 26.0 Å². The molecule has 1 saturated carbocycles. The van der Waals surface area contributed by atoms with Gasteiger partial charge >= 0.3 is 6.03 Å². The Morgan fingerprint density at radius 3 is 2.67 bits per heavy atom. The van der Waals surface area contributed by atoms with E-state index in [1.165, 1.54) is 11.1 Å². The van der Waals surface area contributed by atoms with Crippen LogP contribution < -0.4 is 20.8 Å². The van der Waals surface area contributed by atoms with E-state index in [1.54, 1.807) is 17.9 Å². The highest BCUT2D eigenvalue weighted by atomic mass is 16.5. The van der Waals surface area contributed by atoms with Crippen molar-refractivity contribution < 1.29 is 19.1 Å². The minimum atomic E-state index is -1.37. The molecule has 0 bridgehead atoms. The van der Waals surface area contributed by atoms with Crippen LogP contribution in [0.2, 0.25) is 0 Å². The fraction of sp³-hybridized carbons (Fsp3) is 0.367. The van der Waals surface area contributed by atoms with E-state index in [-0.39, 0.29) is 19.1 Å². The molecule has 9 nitrogen and oxygen atoms in total. The molecule has 2 aromatic rings. The molecule has 3 N–H and O–H groups in total. The number of fused-ring (bicyclic) bond motifs is 2. The zero-order chi connectivity index (χ0) is 27.1. The maximum atomic E-state index is 13.4. The first-order valence-electron chi connectivity index (χ1n) is 13.2. The van der Waals surface area contributed by atoms with Crippen LogP contribution in [-0.4, -0.2) is 54.0 Å². The predicted molar refractivity (Wildman–Crippen MR) is 144 cm³/mol. The lowest BCUT2D eigenvalue weighted by Crippen LogP contribution is -2.52. The number of benzene rings is 2. The van der Waals surface area contributed by atoms with Crippen molar-refractivity contribution in [3.8, 4) is 17.6 Å². The molecule has 0 aromatic heterocycles. The Hall–Kier alpha value is -4.29. The van der Waals surface area contributed by atoms with E-state index in [4.69, 9.17) is 4.74 Å². The fourth-order valence-electron chi connectivity index (χ4n) is 6.16. The predicted octanol–water partition coefficient (Wildman–Crippen LogP) is 2.75. The Kier molecular flexibility index (Phi) is 6.28. The second-order valence-electron chi connectivity index (χ2n) is 10.6. The molecule has 3 aliphatic heterocycles. The van der Waals surface area contributed by atoms with Crippen LogP contribution in [0.5, 0.6) is 5.75 Å². The number of urea groups is 1. The largest absolute Gasteiger partial charge is 0.481 e. The summed E-state index contributed by atoms with van der Waals surface area (Å²) >= 11 is 0. The van der Waals surface area contributed by atoms with Crippen molar-refractivity contribution in [3.05, 3.63) is 76.5 Å². The normalized spacial score (nSPS) is 25.4. The van der Waals surface area contributed by atoms with E-state index in [9.17, 15) is 14.4 Å². The van der Waals surface area contributed by atoms with E-state index in [0.717, 1.165) is 24.8 Å². The Morgan fingerprint density at radius 2 is 1.92 bits per heavy atom. The van der Waals surface area contributed by atoms with Gasteiger partial charge in [0.15, 0.2) is 5.54 Å². The first-order valence-corrected chi connectivity index (χ1v) is 13.2. The van der Waals surface area contributed by atoms with Crippen LogP contribution in [0.25, 0.3) is 0 Å². The number of carbonyl (C=O) groups excluding carboxylic acids is 3. The number of hydrogen-bond acceptors (Lipinski definition) is 6. The topological polar surface area (TPSA) is 103 Å². The molecule has 200 valence electrons. The molecule has 6 rings (SSSR count). The summed E-state index contributed by atoms with van der Waals surface area (Å²) in [6, 6.07) is 13.2. The molecule has 2 unspecified atom stereocenters. The zero-order valence-electron chi connectivity index (χ0n) is 22.0. The summed E-state index contributed by atoms with van der Waals surface area (Å²) in [5, 5.41) is 7.24. The van der Waals surface area contributed by atoms with Crippen LogP contribution in [0.3, 0.4) is 0 Å². The van der Waals surface area contributed by atoms with Crippen molar-refractivity contribution >= 4 is 17.8 Å². The number of imide groups is 1. The number of nitrogens with one attached hydrogen (secondary N) is 3. The molecule has 0 radical (unpaired) electrons. The van der Waals surface area contributed by atoms with Crippen LogP contribution >= 0.6 is 0 Å². The van der Waals surface area contributed by atoms with Crippen LogP contribution in [0.15, 0.2) is 54.2 Å². The number of amides is 4. The van der Waals surface area contributed by atoms with E-state index in [2.05, 4.69) is 46.2 Å². The SMILES string of the molecule is CC#CCOc1ccc2c(c1)C(=O)N(C[C@@]1(c3ccc(C4CCC5NN(C)C=C5C4)cc3)NC(=O)NC1=O)C2. The molecule has 2 aromatic carbocycles. The molecule has 1 saturated heterocycles. The van der Waals surface area contributed by atoms with Crippen molar-refractivity contribution in [3.63, 3.8) is 0 Å². The van der Waals surface area contributed by atoms with Gasteiger partial charge in [0, 0.05) is 31.4 Å². The average Bonchev–Trinajstić information content (AvgIpc) is 3.55. The smallest absolute Gasteiger partial charge is 0.322 e. The summed E-state index contributed by atoms with van der Waals surface area (Å²) in [6.07, 6.45) is 5.31. The maximum absolute atomic E-state index is 13.4. The summed E-state index contributed by atoms with van der Waals surface area (Å²) in [5.74, 6) is 5.91. The van der Waals surface area contributed by atoms with Gasteiger partial charge in [0.2, 0.25) is 0 Å². The van der Waals surface area contributed by atoms with Crippen molar-refractivity contribution in [1.29, 1.82) is 0 Å². The molecule has 3 heterocycles. The summed E-state index contributed by atoms with van der Waals surface area (Å²) in [5.41, 5.74) is 6.73. The number of carbonyl (C=O) groups is 3. The van der Waals surface area contributed by atoms with Crippen molar-refractivity contribution in [2.75, 3.05) is 20.2 Å². The summed E-state index contributed by atoms with van der Waals surface area (Å²) < 4.78 is 5.62. The highest BCUT2D eigenvalue weighted by molar-refractivity contribution is 6.08. The first kappa shape index (κ1) is 25.0. The zero-order valence-corrected chi connectivity index (χ0v) is 22.0. The van der Waals surface area contributed by atoms with Gasteiger partial charge in [-0.15, -0.1) is 5.92 Å². The minimum Gasteiger partial charge on any atom is -0.481 e. The standard InChI is InChI=1S/C30H31N5O4/c1-3-4-13-39-24-11-7-21-17-35(27(36)25(21)15-24)18-30(28(37)31-29(38)32-30)23-9-5-19(6-10-23)20-8-12-26-22(14-20)16-34(2)33-26/h5-7,9-11,15-16,20,26,33H,8,12-14,17-18H2,1-2H3,(H2,31,32,37,38)/t20?,26?,30-/m0/s1. The first-order chi connectivity index (χ1) is 18.9. The molecule has 4 aliphatic rings. The van der Waals surface area contributed by atoms with Gasteiger partial charge < -0.3 is 20.0 Å². The molecule has 39 heavy (non-hydrogen) atoms. The number of rotatable bonds is 6. The van der Waals surface area contributed by atoms with Gasteiger partial charge in [0.25, 0.3) is 11.8 Å². The lowest BCUT2D eigenvalue weighted by atomic mass is 9.78. The maximum Gasteiger partial charge on any atom is 0.322 e.